The van der Waals surface area contributed by atoms with E-state index in [2.05, 4.69) is 29.6 Å². The number of benzene rings is 1. The van der Waals surface area contributed by atoms with Gasteiger partial charge < -0.3 is 0 Å². The van der Waals surface area contributed by atoms with Gasteiger partial charge in [-0.3, -0.25) is 14.9 Å². The van der Waals surface area contributed by atoms with Crippen molar-refractivity contribution in [2.45, 2.75) is 26.3 Å². The first kappa shape index (κ1) is 20.7. The molecule has 3 rings (SSSR count). The Hall–Kier alpha value is -3.06. The number of nitrogens with one attached hydrogen (secondary N) is 1. The molecule has 0 aliphatic carbocycles. The molecule has 0 bridgehead atoms. The summed E-state index contributed by atoms with van der Waals surface area (Å²) in [5, 5.41) is 7.33. The number of hydrogen-bond acceptors (Lipinski definition) is 5. The van der Waals surface area contributed by atoms with E-state index in [0.29, 0.717) is 22.1 Å². The Morgan fingerprint density at radius 3 is 2.45 bits per heavy atom. The zero-order valence-corrected chi connectivity index (χ0v) is 16.8. The number of nitrogens with zero attached hydrogens (tertiary/aromatic N) is 4. The molecule has 1 amide bonds. The van der Waals surface area contributed by atoms with Crippen molar-refractivity contribution in [3.05, 3.63) is 64.3 Å². The molecule has 1 aromatic carbocycles. The maximum absolute atomic E-state index is 13.8. The molecule has 2 aromatic heterocycles. The van der Waals surface area contributed by atoms with E-state index >= 15 is 0 Å². The lowest BCUT2D eigenvalue weighted by Crippen LogP contribution is -2.31. The van der Waals surface area contributed by atoms with E-state index in [9.17, 15) is 18.4 Å². The Morgan fingerprint density at radius 2 is 1.83 bits per heavy atom. The summed E-state index contributed by atoms with van der Waals surface area (Å²) in [6, 6.07) is 5.76. The van der Waals surface area contributed by atoms with Gasteiger partial charge in [-0.1, -0.05) is 13.8 Å². The highest BCUT2D eigenvalue weighted by atomic mass is 31.0. The highest BCUT2D eigenvalue weighted by Crippen LogP contribution is 2.26. The van der Waals surface area contributed by atoms with Crippen LogP contribution in [0.15, 0.2) is 41.5 Å². The van der Waals surface area contributed by atoms with Crippen LogP contribution in [0.2, 0.25) is 0 Å². The predicted molar refractivity (Wildman–Crippen MR) is 108 cm³/mol. The topological polar surface area (TPSA) is 89.8 Å². The zero-order chi connectivity index (χ0) is 21.1. The van der Waals surface area contributed by atoms with Crippen LogP contribution in [0.1, 0.15) is 25.5 Å². The zero-order valence-electron chi connectivity index (χ0n) is 15.7. The summed E-state index contributed by atoms with van der Waals surface area (Å²) in [4.78, 5) is 32.0. The van der Waals surface area contributed by atoms with Gasteiger partial charge in [0, 0.05) is 11.6 Å². The van der Waals surface area contributed by atoms with Gasteiger partial charge in [-0.2, -0.15) is 5.10 Å². The Labute approximate surface area is 167 Å². The number of carbonyl (C=O) groups is 1. The fraction of sp³-hybridized carbons (Fsp3) is 0.211. The first-order chi connectivity index (χ1) is 13.7. The van der Waals surface area contributed by atoms with Crippen molar-refractivity contribution in [2.24, 2.45) is 0 Å². The second kappa shape index (κ2) is 8.53. The standard InChI is InChI=1S/C19H18F2N5O2P/c1-10(2)18-15(11-3-12(20)5-14(29)4-11)6-17(28)26(25-18)9-16(27)24-19-22-7-13(21)8-23-19/h3-8,10H,9,29H2,1-2H3,(H,22,23,24,27). The van der Waals surface area contributed by atoms with Crippen LogP contribution in [0.25, 0.3) is 11.1 Å². The predicted octanol–water partition coefficient (Wildman–Crippen LogP) is 2.24. The van der Waals surface area contributed by atoms with Crippen molar-refractivity contribution in [3.63, 3.8) is 0 Å². The quantitative estimate of drug-likeness (QED) is 0.643. The Kier molecular flexibility index (Phi) is 6.08. The van der Waals surface area contributed by atoms with Gasteiger partial charge >= 0.3 is 0 Å². The minimum absolute atomic E-state index is 0.0853. The van der Waals surface area contributed by atoms with Crippen molar-refractivity contribution in [3.8, 4) is 11.1 Å². The van der Waals surface area contributed by atoms with Crippen molar-refractivity contribution in [1.82, 2.24) is 19.7 Å². The molecule has 0 saturated heterocycles. The van der Waals surface area contributed by atoms with Gasteiger partial charge in [0.15, 0.2) is 5.82 Å². The molecule has 0 aliphatic rings. The summed E-state index contributed by atoms with van der Waals surface area (Å²) in [6.45, 7) is 3.39. The lowest BCUT2D eigenvalue weighted by atomic mass is 9.98. The van der Waals surface area contributed by atoms with Crippen LogP contribution in [0.3, 0.4) is 0 Å². The van der Waals surface area contributed by atoms with E-state index in [1.54, 1.807) is 6.07 Å². The van der Waals surface area contributed by atoms with Crippen molar-refractivity contribution < 1.29 is 13.6 Å². The van der Waals surface area contributed by atoms with Crippen LogP contribution in [-0.2, 0) is 11.3 Å². The molecule has 2 heterocycles. The lowest BCUT2D eigenvalue weighted by molar-refractivity contribution is -0.117. The molecule has 7 nitrogen and oxygen atoms in total. The second-order valence-corrected chi connectivity index (χ2v) is 7.31. The number of amides is 1. The van der Waals surface area contributed by atoms with Gasteiger partial charge in [-0.15, -0.1) is 9.24 Å². The fourth-order valence-corrected chi connectivity index (χ4v) is 3.06. The molecule has 1 atom stereocenters. The average Bonchev–Trinajstić information content (AvgIpc) is 2.64. The summed E-state index contributed by atoms with van der Waals surface area (Å²) >= 11 is 0. The third kappa shape index (κ3) is 5.06. The third-order valence-electron chi connectivity index (χ3n) is 3.97. The van der Waals surface area contributed by atoms with Gasteiger partial charge in [0.25, 0.3) is 5.56 Å². The van der Waals surface area contributed by atoms with Gasteiger partial charge in [-0.05, 0) is 35.0 Å². The summed E-state index contributed by atoms with van der Waals surface area (Å²) in [5.41, 5.74) is 1.06. The molecule has 29 heavy (non-hydrogen) atoms. The molecular formula is C19H18F2N5O2P. The number of aromatic nitrogens is 4. The van der Waals surface area contributed by atoms with Crippen LogP contribution in [0, 0.1) is 11.6 Å². The maximum atomic E-state index is 13.8. The largest absolute Gasteiger partial charge is 0.293 e. The SMILES string of the molecule is CC(C)c1nn(CC(=O)Nc2ncc(F)cn2)c(=O)cc1-c1cc(F)cc(P)c1. The van der Waals surface area contributed by atoms with Crippen molar-refractivity contribution in [2.75, 3.05) is 5.32 Å². The van der Waals surface area contributed by atoms with E-state index in [0.717, 1.165) is 17.1 Å². The number of anilines is 1. The average molecular weight is 417 g/mol. The molecule has 0 spiro atoms. The van der Waals surface area contributed by atoms with Crippen LogP contribution in [-0.4, -0.2) is 25.7 Å². The summed E-state index contributed by atoms with van der Waals surface area (Å²) in [7, 11) is 2.42. The van der Waals surface area contributed by atoms with Crippen LogP contribution in [0.5, 0.6) is 0 Å². The molecule has 3 aromatic rings. The van der Waals surface area contributed by atoms with Crippen LogP contribution in [0.4, 0.5) is 14.7 Å². The minimum atomic E-state index is -0.635. The number of carbonyl (C=O) groups excluding carboxylic acids is 1. The van der Waals surface area contributed by atoms with Gasteiger partial charge in [0.1, 0.15) is 12.4 Å². The normalized spacial score (nSPS) is 11.0. The summed E-state index contributed by atoms with van der Waals surface area (Å²) in [6.07, 6.45) is 1.83. The lowest BCUT2D eigenvalue weighted by Gasteiger charge is -2.15. The highest BCUT2D eigenvalue weighted by Gasteiger charge is 2.17. The van der Waals surface area contributed by atoms with Gasteiger partial charge in [-0.25, -0.2) is 23.4 Å². The first-order valence-electron chi connectivity index (χ1n) is 8.69. The number of halogens is 2. The Balaban J connectivity index is 1.92. The molecule has 0 fully saturated rings. The molecule has 0 radical (unpaired) electrons. The number of rotatable bonds is 5. The Morgan fingerprint density at radius 1 is 1.14 bits per heavy atom. The monoisotopic (exact) mass is 417 g/mol. The third-order valence-corrected chi connectivity index (χ3v) is 4.30. The summed E-state index contributed by atoms with van der Waals surface area (Å²) < 4.78 is 27.7. The molecule has 0 aliphatic heterocycles. The smallest absolute Gasteiger partial charge is 0.267 e. The molecule has 10 heteroatoms. The first-order valence-corrected chi connectivity index (χ1v) is 9.26. The van der Waals surface area contributed by atoms with Crippen molar-refractivity contribution >= 4 is 26.4 Å². The van der Waals surface area contributed by atoms with E-state index in [1.165, 1.54) is 18.2 Å². The van der Waals surface area contributed by atoms with E-state index in [4.69, 9.17) is 0 Å². The highest BCUT2D eigenvalue weighted by molar-refractivity contribution is 7.27. The summed E-state index contributed by atoms with van der Waals surface area (Å²) in [5.74, 6) is -1.82. The minimum Gasteiger partial charge on any atom is -0.293 e. The number of hydrogen-bond donors (Lipinski definition) is 1. The fourth-order valence-electron chi connectivity index (χ4n) is 2.72. The van der Waals surface area contributed by atoms with Gasteiger partial charge in [0.2, 0.25) is 11.9 Å². The maximum Gasteiger partial charge on any atom is 0.267 e. The van der Waals surface area contributed by atoms with Crippen LogP contribution >= 0.6 is 9.24 Å². The molecule has 1 unspecified atom stereocenters. The van der Waals surface area contributed by atoms with E-state index in [-0.39, 0.29) is 18.4 Å². The molecule has 0 saturated carbocycles. The Bertz CT molecular complexity index is 1100. The van der Waals surface area contributed by atoms with Crippen molar-refractivity contribution in [1.29, 1.82) is 0 Å². The van der Waals surface area contributed by atoms with Crippen LogP contribution < -0.4 is 16.2 Å². The molecule has 150 valence electrons. The van der Waals surface area contributed by atoms with Gasteiger partial charge in [0.05, 0.1) is 18.1 Å². The van der Waals surface area contributed by atoms with E-state index in [1.807, 2.05) is 13.8 Å². The molecular weight excluding hydrogens is 399 g/mol. The second-order valence-electron chi connectivity index (χ2n) is 6.64. The molecule has 1 N–H and O–H groups in total. The van der Waals surface area contributed by atoms with E-state index < -0.39 is 23.1 Å².